The van der Waals surface area contributed by atoms with Crippen molar-refractivity contribution in [1.82, 2.24) is 14.9 Å². The summed E-state index contributed by atoms with van der Waals surface area (Å²) < 4.78 is 26.8. The number of ketones is 1. The van der Waals surface area contributed by atoms with Gasteiger partial charge in [-0.2, -0.15) is 8.42 Å². The maximum absolute atomic E-state index is 13.5. The number of aliphatic hydroxyl groups excluding tert-OH is 1. The van der Waals surface area contributed by atoms with E-state index in [0.717, 1.165) is 11.1 Å². The van der Waals surface area contributed by atoms with Crippen molar-refractivity contribution < 1.29 is 22.5 Å². The molecule has 4 N–H and O–H groups in total. The number of rotatable bonds is 10. The molecule has 0 aliphatic heterocycles. The van der Waals surface area contributed by atoms with Crippen LogP contribution in [0.2, 0.25) is 5.02 Å². The van der Waals surface area contributed by atoms with Crippen molar-refractivity contribution in [2.75, 3.05) is 26.0 Å². The summed E-state index contributed by atoms with van der Waals surface area (Å²) in [6.45, 7) is -0.217. The Morgan fingerprint density at radius 2 is 2.11 bits per heavy atom. The maximum Gasteiger partial charge on any atom is 0.333 e. The molecule has 37 heavy (non-hydrogen) atoms. The first-order chi connectivity index (χ1) is 17.5. The van der Waals surface area contributed by atoms with Gasteiger partial charge in [0, 0.05) is 23.2 Å². The van der Waals surface area contributed by atoms with Crippen LogP contribution in [0.3, 0.4) is 0 Å². The zero-order valence-electron chi connectivity index (χ0n) is 20.2. The van der Waals surface area contributed by atoms with Crippen LogP contribution in [0, 0.1) is 5.92 Å². The van der Waals surface area contributed by atoms with Crippen molar-refractivity contribution in [2.45, 2.75) is 31.0 Å². The third-order valence-corrected chi connectivity index (χ3v) is 7.89. The Labute approximate surface area is 224 Å². The highest BCUT2D eigenvalue weighted by Gasteiger charge is 2.35. The Bertz CT molecular complexity index is 1370. The number of thiophene rings is 1. The predicted octanol–water partition coefficient (Wildman–Crippen LogP) is 2.85. The molecule has 4 atom stereocenters. The average molecular weight is 566 g/mol. The second kappa shape index (κ2) is 11.5. The molecule has 10 nitrogen and oxygen atoms in total. The fourth-order valence-electron chi connectivity index (χ4n) is 4.60. The Balaban J connectivity index is 1.51. The van der Waals surface area contributed by atoms with Crippen LogP contribution >= 0.6 is 22.9 Å². The molecule has 0 radical (unpaired) electrons. The number of carbonyl (C=O) groups excluding carboxylic acids is 1. The minimum Gasteiger partial charge on any atom is -0.393 e. The zero-order valence-corrected chi connectivity index (χ0v) is 22.6. The Morgan fingerprint density at radius 1 is 1.32 bits per heavy atom. The van der Waals surface area contributed by atoms with Gasteiger partial charge >= 0.3 is 10.3 Å². The molecule has 2 aromatic heterocycles. The van der Waals surface area contributed by atoms with Gasteiger partial charge in [0.2, 0.25) is 5.78 Å². The van der Waals surface area contributed by atoms with Crippen LogP contribution in [0.25, 0.3) is 0 Å². The molecule has 198 valence electrons. The zero-order chi connectivity index (χ0) is 26.7. The van der Waals surface area contributed by atoms with Crippen LogP contribution in [0.1, 0.15) is 45.2 Å². The van der Waals surface area contributed by atoms with Crippen molar-refractivity contribution in [3.63, 3.8) is 0 Å². The molecule has 1 aromatic carbocycles. The largest absolute Gasteiger partial charge is 0.393 e. The summed E-state index contributed by atoms with van der Waals surface area (Å²) in [5.74, 6) is -0.305. The molecule has 1 unspecified atom stereocenters. The van der Waals surface area contributed by atoms with Crippen LogP contribution in [0.4, 0.5) is 5.82 Å². The minimum absolute atomic E-state index is 0.0856. The summed E-state index contributed by atoms with van der Waals surface area (Å²) in [6, 6.07) is 9.17. The van der Waals surface area contributed by atoms with Crippen LogP contribution in [0.5, 0.6) is 0 Å². The van der Waals surface area contributed by atoms with Gasteiger partial charge in [-0.1, -0.05) is 23.7 Å². The number of carbonyl (C=O) groups is 1. The van der Waals surface area contributed by atoms with Gasteiger partial charge in [0.1, 0.15) is 12.1 Å². The third kappa shape index (κ3) is 6.90. The summed E-state index contributed by atoms with van der Waals surface area (Å²) in [7, 11) is -0.160. The van der Waals surface area contributed by atoms with Crippen molar-refractivity contribution in [1.29, 1.82) is 0 Å². The number of nitrogens with two attached hydrogens (primary N) is 1. The van der Waals surface area contributed by atoms with E-state index >= 15 is 0 Å². The summed E-state index contributed by atoms with van der Waals surface area (Å²) in [4.78, 5) is 24.4. The Hall–Kier alpha value is -2.45. The molecule has 13 heteroatoms. The fraction of sp³-hybridized carbons (Fsp3) is 0.375. The second-order valence-electron chi connectivity index (χ2n) is 9.20. The first kappa shape index (κ1) is 27.6. The Kier molecular flexibility index (Phi) is 8.59. The summed E-state index contributed by atoms with van der Waals surface area (Å²) in [5.41, 5.74) is 2.28. The lowest BCUT2D eigenvalue weighted by Gasteiger charge is -2.24. The van der Waals surface area contributed by atoms with Gasteiger partial charge in [-0.25, -0.2) is 15.1 Å². The van der Waals surface area contributed by atoms with E-state index in [1.54, 1.807) is 0 Å². The number of hydrogen-bond acceptors (Lipinski definition) is 10. The molecule has 0 saturated heterocycles. The molecule has 1 fully saturated rings. The van der Waals surface area contributed by atoms with Crippen molar-refractivity contribution in [3.05, 3.63) is 74.8 Å². The quantitative estimate of drug-likeness (QED) is 0.315. The number of benzene rings is 1. The normalized spacial score (nSPS) is 20.8. The number of aliphatic hydroxyl groups is 1. The molecule has 0 spiro atoms. The summed E-state index contributed by atoms with van der Waals surface area (Å²) >= 11 is 7.55. The van der Waals surface area contributed by atoms with Crippen LogP contribution < -0.4 is 10.5 Å². The lowest BCUT2D eigenvalue weighted by Crippen LogP contribution is -2.24. The average Bonchev–Trinajstić information content (AvgIpc) is 3.44. The number of aromatic nitrogens is 2. The fourth-order valence-corrected chi connectivity index (χ4v) is 6.04. The second-order valence-corrected chi connectivity index (χ2v) is 11.8. The van der Waals surface area contributed by atoms with E-state index in [2.05, 4.69) is 24.4 Å². The molecule has 1 saturated carbocycles. The van der Waals surface area contributed by atoms with Gasteiger partial charge < -0.3 is 10.4 Å². The molecular formula is C24H28ClN5O5S2. The van der Waals surface area contributed by atoms with Crippen molar-refractivity contribution >= 4 is 44.8 Å². The van der Waals surface area contributed by atoms with E-state index < -0.39 is 22.3 Å². The summed E-state index contributed by atoms with van der Waals surface area (Å²) in [5, 5.41) is 21.0. The smallest absolute Gasteiger partial charge is 0.333 e. The van der Waals surface area contributed by atoms with Gasteiger partial charge in [0.05, 0.1) is 29.2 Å². The number of hydrogen-bond donors (Lipinski definition) is 3. The van der Waals surface area contributed by atoms with Gasteiger partial charge in [0.25, 0.3) is 0 Å². The maximum atomic E-state index is 13.5. The molecule has 0 bridgehead atoms. The minimum atomic E-state index is -4.09. The van der Waals surface area contributed by atoms with Crippen LogP contribution in [0.15, 0.2) is 48.2 Å². The van der Waals surface area contributed by atoms with Crippen molar-refractivity contribution in [2.24, 2.45) is 11.1 Å². The lowest BCUT2D eigenvalue weighted by molar-refractivity contribution is 0.101. The molecule has 1 aliphatic carbocycles. The Morgan fingerprint density at radius 3 is 2.81 bits per heavy atom. The molecule has 4 rings (SSSR count). The predicted molar refractivity (Wildman–Crippen MR) is 142 cm³/mol. The van der Waals surface area contributed by atoms with E-state index in [0.29, 0.717) is 34.1 Å². The molecule has 2 heterocycles. The highest BCUT2D eigenvalue weighted by molar-refractivity contribution is 7.84. The SMILES string of the molecule is CN(C)C(c1cccc(Cl)c1)c1csc(C(=O)c2cncnc2N[C@@H]2C[C@H](COS(N)(=O)=O)[C@@H](O)C2)c1. The van der Waals surface area contributed by atoms with E-state index in [-0.39, 0.29) is 24.5 Å². The van der Waals surface area contributed by atoms with Gasteiger partial charge in [-0.15, -0.1) is 11.3 Å². The van der Waals surface area contributed by atoms with E-state index in [1.807, 2.05) is 49.8 Å². The molecule has 0 amide bonds. The molecule has 3 aromatic rings. The van der Waals surface area contributed by atoms with E-state index in [4.69, 9.17) is 16.7 Å². The van der Waals surface area contributed by atoms with Gasteiger partial charge in [-0.05, 0) is 61.6 Å². The highest BCUT2D eigenvalue weighted by atomic mass is 35.5. The monoisotopic (exact) mass is 565 g/mol. The molecular weight excluding hydrogens is 538 g/mol. The topological polar surface area (TPSA) is 148 Å². The summed E-state index contributed by atoms with van der Waals surface area (Å²) in [6.07, 6.45) is 2.78. The third-order valence-electron chi connectivity index (χ3n) is 6.24. The first-order valence-electron chi connectivity index (χ1n) is 11.5. The van der Waals surface area contributed by atoms with E-state index in [1.165, 1.54) is 23.9 Å². The van der Waals surface area contributed by atoms with Crippen LogP contribution in [-0.4, -0.2) is 67.0 Å². The van der Waals surface area contributed by atoms with E-state index in [9.17, 15) is 18.3 Å². The van der Waals surface area contributed by atoms with Crippen molar-refractivity contribution in [3.8, 4) is 0 Å². The number of nitrogens with zero attached hydrogens (tertiary/aromatic N) is 3. The number of anilines is 1. The van der Waals surface area contributed by atoms with Gasteiger partial charge in [0.15, 0.2) is 0 Å². The highest BCUT2D eigenvalue weighted by Crippen LogP contribution is 2.34. The van der Waals surface area contributed by atoms with Crippen LogP contribution in [-0.2, 0) is 14.5 Å². The number of nitrogens with one attached hydrogen (secondary N) is 1. The number of halogens is 1. The lowest BCUT2D eigenvalue weighted by atomic mass is 9.99. The standard InChI is InChI=1S/C24H28ClN5O5S2/c1-30(2)22(14-4-3-5-17(25)6-14)16-8-21(36-12-16)23(32)19-10-27-13-28-24(19)29-18-7-15(20(31)9-18)11-35-37(26,33)34/h3-6,8,10,12-13,15,18,20,22,31H,7,9,11H2,1-2H3,(H2,26,33,34)(H,27,28,29)/t15-,18-,20+,22?/m1/s1. The first-order valence-corrected chi connectivity index (χ1v) is 14.2. The van der Waals surface area contributed by atoms with Gasteiger partial charge in [-0.3, -0.25) is 13.9 Å². The molecule has 1 aliphatic rings.